The Morgan fingerprint density at radius 2 is 1.94 bits per heavy atom. The summed E-state index contributed by atoms with van der Waals surface area (Å²) >= 11 is 0. The molecule has 0 aromatic heterocycles. The van der Waals surface area contributed by atoms with Gasteiger partial charge >= 0.3 is 0 Å². The lowest BCUT2D eigenvalue weighted by molar-refractivity contribution is 0.00137. The molecule has 0 aromatic rings. The summed E-state index contributed by atoms with van der Waals surface area (Å²) in [7, 11) is 0. The molecule has 3 atom stereocenters. The molecule has 0 radical (unpaired) electrons. The van der Waals surface area contributed by atoms with Crippen molar-refractivity contribution in [3.63, 3.8) is 0 Å². The number of nitrogens with one attached hydrogen (secondary N) is 1. The van der Waals surface area contributed by atoms with Crippen LogP contribution in [0.5, 0.6) is 0 Å². The Kier molecular flexibility index (Phi) is 7.14. The standard InChI is InChI=1S/C15H31NO/c1-5-9-16-15(13(6-2)7-3)14-8-10-17-11-12(14)4/h12-16H,5-11H2,1-4H3. The van der Waals surface area contributed by atoms with Gasteiger partial charge in [-0.1, -0.05) is 40.5 Å². The van der Waals surface area contributed by atoms with Crippen molar-refractivity contribution in [1.29, 1.82) is 0 Å². The van der Waals surface area contributed by atoms with Gasteiger partial charge in [-0.3, -0.25) is 0 Å². The fraction of sp³-hybridized carbons (Fsp3) is 1.00. The second-order valence-corrected chi connectivity index (χ2v) is 5.56. The zero-order chi connectivity index (χ0) is 12.7. The monoisotopic (exact) mass is 241 g/mol. The fourth-order valence-corrected chi connectivity index (χ4v) is 3.21. The van der Waals surface area contributed by atoms with E-state index in [1.165, 1.54) is 25.7 Å². The highest BCUT2D eigenvalue weighted by Crippen LogP contribution is 2.30. The Morgan fingerprint density at radius 3 is 2.47 bits per heavy atom. The molecule has 0 spiro atoms. The molecule has 0 saturated carbocycles. The molecule has 1 heterocycles. The van der Waals surface area contributed by atoms with E-state index in [0.717, 1.165) is 31.6 Å². The third-order valence-corrected chi connectivity index (χ3v) is 4.36. The van der Waals surface area contributed by atoms with Crippen LogP contribution in [0.4, 0.5) is 0 Å². The number of hydrogen-bond donors (Lipinski definition) is 1. The normalized spacial score (nSPS) is 27.4. The molecule has 3 unspecified atom stereocenters. The zero-order valence-corrected chi connectivity index (χ0v) is 12.2. The Bertz CT molecular complexity index is 191. The van der Waals surface area contributed by atoms with Gasteiger partial charge in [-0.25, -0.2) is 0 Å². The number of ether oxygens (including phenoxy) is 1. The molecule has 1 fully saturated rings. The lowest BCUT2D eigenvalue weighted by atomic mass is 9.76. The Labute approximate surface area is 108 Å². The highest BCUT2D eigenvalue weighted by atomic mass is 16.5. The minimum absolute atomic E-state index is 0.698. The molecule has 2 heteroatoms. The molecule has 102 valence electrons. The third-order valence-electron chi connectivity index (χ3n) is 4.36. The van der Waals surface area contributed by atoms with Gasteiger partial charge in [0.15, 0.2) is 0 Å². The highest BCUT2D eigenvalue weighted by molar-refractivity contribution is 4.86. The smallest absolute Gasteiger partial charge is 0.0494 e. The molecule has 0 aliphatic carbocycles. The summed E-state index contributed by atoms with van der Waals surface area (Å²) in [5.74, 6) is 2.34. The van der Waals surface area contributed by atoms with Gasteiger partial charge in [0.05, 0.1) is 0 Å². The van der Waals surface area contributed by atoms with E-state index in [0.29, 0.717) is 12.0 Å². The van der Waals surface area contributed by atoms with Crippen molar-refractivity contribution >= 4 is 0 Å². The molecular formula is C15H31NO. The summed E-state index contributed by atoms with van der Waals surface area (Å²) in [6.07, 6.45) is 5.05. The van der Waals surface area contributed by atoms with Crippen LogP contribution in [0.1, 0.15) is 53.4 Å². The van der Waals surface area contributed by atoms with Gasteiger partial charge in [-0.2, -0.15) is 0 Å². The van der Waals surface area contributed by atoms with Gasteiger partial charge in [0.25, 0.3) is 0 Å². The molecule has 1 saturated heterocycles. The summed E-state index contributed by atoms with van der Waals surface area (Å²) in [5.41, 5.74) is 0. The average molecular weight is 241 g/mol. The summed E-state index contributed by atoms with van der Waals surface area (Å²) in [6.45, 7) is 12.3. The van der Waals surface area contributed by atoms with E-state index in [1.54, 1.807) is 0 Å². The summed E-state index contributed by atoms with van der Waals surface area (Å²) in [4.78, 5) is 0. The molecular weight excluding hydrogens is 210 g/mol. The van der Waals surface area contributed by atoms with Crippen LogP contribution in [0.15, 0.2) is 0 Å². The predicted molar refractivity (Wildman–Crippen MR) is 74.2 cm³/mol. The van der Waals surface area contributed by atoms with E-state index < -0.39 is 0 Å². The van der Waals surface area contributed by atoms with Crippen molar-refractivity contribution in [3.8, 4) is 0 Å². The van der Waals surface area contributed by atoms with Crippen LogP contribution in [0, 0.1) is 17.8 Å². The quantitative estimate of drug-likeness (QED) is 0.737. The molecule has 0 amide bonds. The maximum absolute atomic E-state index is 5.59. The third kappa shape index (κ3) is 4.26. The van der Waals surface area contributed by atoms with E-state index in [9.17, 15) is 0 Å². The first-order chi connectivity index (χ1) is 8.24. The van der Waals surface area contributed by atoms with Crippen molar-refractivity contribution in [2.75, 3.05) is 19.8 Å². The lowest BCUT2D eigenvalue weighted by Crippen LogP contribution is -2.47. The van der Waals surface area contributed by atoms with Crippen molar-refractivity contribution in [3.05, 3.63) is 0 Å². The Morgan fingerprint density at radius 1 is 1.24 bits per heavy atom. The van der Waals surface area contributed by atoms with Crippen molar-refractivity contribution in [1.82, 2.24) is 5.32 Å². The van der Waals surface area contributed by atoms with Crippen LogP contribution in [-0.4, -0.2) is 25.8 Å². The Hall–Kier alpha value is -0.0800. The van der Waals surface area contributed by atoms with E-state index in [-0.39, 0.29) is 0 Å². The highest BCUT2D eigenvalue weighted by Gasteiger charge is 2.32. The Balaban J connectivity index is 2.65. The van der Waals surface area contributed by atoms with Crippen LogP contribution < -0.4 is 5.32 Å². The molecule has 1 aliphatic rings. The fourth-order valence-electron chi connectivity index (χ4n) is 3.21. The van der Waals surface area contributed by atoms with Crippen LogP contribution >= 0.6 is 0 Å². The minimum atomic E-state index is 0.698. The van der Waals surface area contributed by atoms with E-state index in [2.05, 4.69) is 33.0 Å². The van der Waals surface area contributed by atoms with Gasteiger partial charge in [-0.05, 0) is 37.1 Å². The van der Waals surface area contributed by atoms with Crippen molar-refractivity contribution < 1.29 is 4.74 Å². The SMILES string of the molecule is CCCNC(C(CC)CC)C1CCOCC1C. The predicted octanol–water partition coefficient (Wildman–Crippen LogP) is 3.46. The maximum atomic E-state index is 5.59. The number of hydrogen-bond acceptors (Lipinski definition) is 2. The van der Waals surface area contributed by atoms with E-state index in [4.69, 9.17) is 4.74 Å². The first-order valence-corrected chi connectivity index (χ1v) is 7.55. The average Bonchev–Trinajstić information content (AvgIpc) is 2.36. The molecule has 2 nitrogen and oxygen atoms in total. The zero-order valence-electron chi connectivity index (χ0n) is 12.2. The van der Waals surface area contributed by atoms with Gasteiger partial charge in [0.2, 0.25) is 0 Å². The van der Waals surface area contributed by atoms with Gasteiger partial charge in [-0.15, -0.1) is 0 Å². The first-order valence-electron chi connectivity index (χ1n) is 7.55. The van der Waals surface area contributed by atoms with Crippen molar-refractivity contribution in [2.45, 2.75) is 59.4 Å². The minimum Gasteiger partial charge on any atom is -0.381 e. The van der Waals surface area contributed by atoms with E-state index in [1.807, 2.05) is 0 Å². The maximum Gasteiger partial charge on any atom is 0.0494 e. The second kappa shape index (κ2) is 8.10. The second-order valence-electron chi connectivity index (χ2n) is 5.56. The van der Waals surface area contributed by atoms with Gasteiger partial charge in [0.1, 0.15) is 0 Å². The summed E-state index contributed by atoms with van der Waals surface area (Å²) < 4.78 is 5.59. The first kappa shape index (κ1) is 15.0. The van der Waals surface area contributed by atoms with E-state index >= 15 is 0 Å². The molecule has 1 N–H and O–H groups in total. The molecule has 0 aromatic carbocycles. The molecule has 1 aliphatic heterocycles. The van der Waals surface area contributed by atoms with Gasteiger partial charge in [0, 0.05) is 19.3 Å². The molecule has 0 bridgehead atoms. The largest absolute Gasteiger partial charge is 0.381 e. The molecule has 17 heavy (non-hydrogen) atoms. The lowest BCUT2D eigenvalue weighted by Gasteiger charge is -2.39. The summed E-state index contributed by atoms with van der Waals surface area (Å²) in [6, 6.07) is 0.698. The van der Waals surface area contributed by atoms with Crippen LogP contribution in [0.2, 0.25) is 0 Å². The topological polar surface area (TPSA) is 21.3 Å². The number of rotatable bonds is 7. The van der Waals surface area contributed by atoms with Crippen molar-refractivity contribution in [2.24, 2.45) is 17.8 Å². The van der Waals surface area contributed by atoms with Crippen LogP contribution in [0.3, 0.4) is 0 Å². The van der Waals surface area contributed by atoms with Gasteiger partial charge < -0.3 is 10.1 Å². The summed E-state index contributed by atoms with van der Waals surface area (Å²) in [5, 5.41) is 3.82. The van der Waals surface area contributed by atoms with Crippen LogP contribution in [0.25, 0.3) is 0 Å². The molecule has 1 rings (SSSR count). The van der Waals surface area contributed by atoms with Crippen LogP contribution in [-0.2, 0) is 4.74 Å².